The lowest BCUT2D eigenvalue weighted by Crippen LogP contribution is -2.30. The van der Waals surface area contributed by atoms with Crippen LogP contribution in [0.1, 0.15) is 29.9 Å². The number of anilines is 1. The van der Waals surface area contributed by atoms with Crippen molar-refractivity contribution >= 4 is 11.7 Å². The fourth-order valence-electron chi connectivity index (χ4n) is 4.06. The maximum absolute atomic E-state index is 14.0. The standard InChI is InChI=1S/C23H22FN5O2/c1-14-20(12-26-15(2)28-14)31-13-23(17-4-3-5-18(24)8-17)9-19(23)22(30)29-21-7-6-16(10-25)11-27-21/h3-7,11-12,17,19H,8-9,13H2,1-2H3,(H,27,29,30)/t17?,19-,23+/m0/s1. The summed E-state index contributed by atoms with van der Waals surface area (Å²) in [4.78, 5) is 25.6. The van der Waals surface area contributed by atoms with Gasteiger partial charge >= 0.3 is 0 Å². The molecular weight excluding hydrogens is 397 g/mol. The number of nitrogens with zero attached hydrogens (tertiary/aromatic N) is 4. The van der Waals surface area contributed by atoms with Gasteiger partial charge < -0.3 is 10.1 Å². The van der Waals surface area contributed by atoms with E-state index in [9.17, 15) is 9.18 Å². The predicted octanol–water partition coefficient (Wildman–Crippen LogP) is 3.81. The Morgan fingerprint density at radius 3 is 2.87 bits per heavy atom. The Balaban J connectivity index is 1.51. The Bertz CT molecular complexity index is 1110. The maximum Gasteiger partial charge on any atom is 0.229 e. The number of halogens is 1. The summed E-state index contributed by atoms with van der Waals surface area (Å²) >= 11 is 0. The number of nitrogens with one attached hydrogen (secondary N) is 1. The van der Waals surface area contributed by atoms with Crippen LogP contribution in [-0.2, 0) is 4.79 Å². The highest BCUT2D eigenvalue weighted by Gasteiger charge is 2.62. The number of carbonyl (C=O) groups is 1. The number of ether oxygens (including phenoxy) is 1. The summed E-state index contributed by atoms with van der Waals surface area (Å²) in [7, 11) is 0. The van der Waals surface area contributed by atoms with Gasteiger partial charge in [-0.05, 0) is 44.4 Å². The molecule has 4 rings (SSSR count). The Morgan fingerprint density at radius 1 is 1.35 bits per heavy atom. The molecule has 0 radical (unpaired) electrons. The van der Waals surface area contributed by atoms with E-state index in [2.05, 4.69) is 20.3 Å². The second kappa shape index (κ2) is 8.26. The van der Waals surface area contributed by atoms with Crippen LogP contribution in [0, 0.1) is 42.4 Å². The molecule has 1 N–H and O–H groups in total. The number of aromatic nitrogens is 3. The first-order valence-electron chi connectivity index (χ1n) is 10.0. The number of pyridine rings is 1. The molecule has 2 aliphatic rings. The van der Waals surface area contributed by atoms with Crippen LogP contribution < -0.4 is 10.1 Å². The average molecular weight is 419 g/mol. The third-order valence-electron chi connectivity index (χ3n) is 5.90. The van der Waals surface area contributed by atoms with Crippen LogP contribution in [0.2, 0.25) is 0 Å². The van der Waals surface area contributed by atoms with Crippen molar-refractivity contribution in [2.75, 3.05) is 11.9 Å². The molecule has 0 aliphatic heterocycles. The molecule has 1 saturated carbocycles. The van der Waals surface area contributed by atoms with Crippen molar-refractivity contribution in [3.05, 3.63) is 65.7 Å². The number of carbonyl (C=O) groups excluding carboxylic acids is 1. The van der Waals surface area contributed by atoms with Crippen LogP contribution >= 0.6 is 0 Å². The van der Waals surface area contributed by atoms with Gasteiger partial charge in [0.25, 0.3) is 0 Å². The number of allylic oxidation sites excluding steroid dienone is 4. The first-order valence-corrected chi connectivity index (χ1v) is 10.0. The van der Waals surface area contributed by atoms with Crippen molar-refractivity contribution in [1.29, 1.82) is 5.26 Å². The molecular formula is C23H22FN5O2. The highest BCUT2D eigenvalue weighted by Crippen LogP contribution is 2.60. The third kappa shape index (κ3) is 4.31. The molecule has 0 bridgehead atoms. The first-order chi connectivity index (χ1) is 14.9. The van der Waals surface area contributed by atoms with Crippen molar-refractivity contribution in [2.24, 2.45) is 17.3 Å². The summed E-state index contributed by atoms with van der Waals surface area (Å²) in [6.07, 6.45) is 8.93. The van der Waals surface area contributed by atoms with Crippen LogP contribution in [0.5, 0.6) is 5.75 Å². The van der Waals surface area contributed by atoms with E-state index in [0.717, 1.165) is 5.69 Å². The monoisotopic (exact) mass is 419 g/mol. The fraction of sp³-hybridized carbons (Fsp3) is 0.348. The molecule has 158 valence electrons. The molecule has 2 aliphatic carbocycles. The van der Waals surface area contributed by atoms with E-state index < -0.39 is 5.41 Å². The summed E-state index contributed by atoms with van der Waals surface area (Å²) in [5.41, 5.74) is 0.602. The van der Waals surface area contributed by atoms with Crippen LogP contribution in [0.3, 0.4) is 0 Å². The minimum atomic E-state index is -0.532. The Morgan fingerprint density at radius 2 is 2.19 bits per heavy atom. The molecule has 3 atom stereocenters. The Kier molecular flexibility index (Phi) is 5.51. The molecule has 7 nitrogen and oxygen atoms in total. The van der Waals surface area contributed by atoms with Gasteiger partial charge in [0.05, 0.1) is 24.1 Å². The zero-order chi connectivity index (χ0) is 22.0. The topological polar surface area (TPSA) is 101 Å². The Labute approximate surface area is 179 Å². The number of aryl methyl sites for hydroxylation is 2. The van der Waals surface area contributed by atoms with Gasteiger partial charge in [0.15, 0.2) is 5.75 Å². The molecule has 8 heteroatoms. The van der Waals surface area contributed by atoms with E-state index in [1.807, 2.05) is 19.1 Å². The highest BCUT2D eigenvalue weighted by atomic mass is 19.1. The molecule has 2 heterocycles. The summed E-state index contributed by atoms with van der Waals surface area (Å²) < 4.78 is 20.1. The van der Waals surface area contributed by atoms with Gasteiger partial charge in [0.1, 0.15) is 23.5 Å². The minimum Gasteiger partial charge on any atom is -0.489 e. The van der Waals surface area contributed by atoms with E-state index >= 15 is 0 Å². The molecule has 0 aromatic carbocycles. The van der Waals surface area contributed by atoms with E-state index in [1.54, 1.807) is 31.3 Å². The first kappa shape index (κ1) is 20.7. The SMILES string of the molecule is Cc1ncc(OC[C@@]2(C3C=CC=C(F)C3)C[C@H]2C(=O)Nc2ccc(C#N)cn2)c(C)n1. The van der Waals surface area contributed by atoms with Crippen molar-refractivity contribution in [2.45, 2.75) is 26.7 Å². The maximum atomic E-state index is 14.0. The summed E-state index contributed by atoms with van der Waals surface area (Å²) in [5.74, 6) is 0.675. The quantitative estimate of drug-likeness (QED) is 0.764. The third-order valence-corrected chi connectivity index (χ3v) is 5.90. The van der Waals surface area contributed by atoms with Gasteiger partial charge in [-0.1, -0.05) is 12.2 Å². The largest absolute Gasteiger partial charge is 0.489 e. The summed E-state index contributed by atoms with van der Waals surface area (Å²) in [6, 6.07) is 5.18. The van der Waals surface area contributed by atoms with E-state index in [0.29, 0.717) is 29.4 Å². The van der Waals surface area contributed by atoms with Gasteiger partial charge in [-0.3, -0.25) is 4.79 Å². The second-order valence-corrected chi connectivity index (χ2v) is 7.99. The van der Waals surface area contributed by atoms with Crippen LogP contribution in [0.15, 0.2) is 48.6 Å². The number of rotatable bonds is 6. The van der Waals surface area contributed by atoms with E-state index in [4.69, 9.17) is 10.00 Å². The van der Waals surface area contributed by atoms with Crippen molar-refractivity contribution < 1.29 is 13.9 Å². The number of amides is 1. The van der Waals surface area contributed by atoms with Gasteiger partial charge in [-0.2, -0.15) is 5.26 Å². The molecule has 1 amide bonds. The summed E-state index contributed by atoms with van der Waals surface area (Å²) in [6.45, 7) is 3.90. The zero-order valence-electron chi connectivity index (χ0n) is 17.3. The average Bonchev–Trinajstić information content (AvgIpc) is 3.50. The highest BCUT2D eigenvalue weighted by molar-refractivity contribution is 5.94. The molecule has 31 heavy (non-hydrogen) atoms. The van der Waals surface area contributed by atoms with E-state index in [1.165, 1.54) is 12.3 Å². The molecule has 2 aromatic heterocycles. The van der Waals surface area contributed by atoms with Gasteiger partial charge in [-0.25, -0.2) is 19.3 Å². The number of hydrogen-bond acceptors (Lipinski definition) is 6. The van der Waals surface area contributed by atoms with Gasteiger partial charge in [-0.15, -0.1) is 0 Å². The molecule has 0 saturated heterocycles. The predicted molar refractivity (Wildman–Crippen MR) is 112 cm³/mol. The summed E-state index contributed by atoms with van der Waals surface area (Å²) in [5, 5.41) is 11.7. The lowest BCUT2D eigenvalue weighted by atomic mass is 9.82. The van der Waals surface area contributed by atoms with Crippen LogP contribution in [0.4, 0.5) is 10.2 Å². The van der Waals surface area contributed by atoms with Crippen LogP contribution in [0.25, 0.3) is 0 Å². The van der Waals surface area contributed by atoms with Gasteiger partial charge in [0, 0.05) is 24.0 Å². The zero-order valence-corrected chi connectivity index (χ0v) is 17.3. The van der Waals surface area contributed by atoms with Gasteiger partial charge in [0.2, 0.25) is 5.91 Å². The number of hydrogen-bond donors (Lipinski definition) is 1. The van der Waals surface area contributed by atoms with Crippen molar-refractivity contribution in [3.8, 4) is 11.8 Å². The second-order valence-electron chi connectivity index (χ2n) is 7.99. The van der Waals surface area contributed by atoms with E-state index in [-0.39, 0.29) is 36.6 Å². The molecule has 0 spiro atoms. The normalized spacial score (nSPS) is 24.1. The van der Waals surface area contributed by atoms with Crippen LogP contribution in [-0.4, -0.2) is 27.5 Å². The minimum absolute atomic E-state index is 0.158. The molecule has 2 aromatic rings. The smallest absolute Gasteiger partial charge is 0.229 e. The molecule has 1 fully saturated rings. The number of nitriles is 1. The fourth-order valence-corrected chi connectivity index (χ4v) is 4.06. The van der Waals surface area contributed by atoms with Crippen molar-refractivity contribution in [1.82, 2.24) is 15.0 Å². The molecule has 1 unspecified atom stereocenters. The lowest BCUT2D eigenvalue weighted by Gasteiger charge is -2.27. The lowest BCUT2D eigenvalue weighted by molar-refractivity contribution is -0.118. The Hall–Kier alpha value is -3.60. The van der Waals surface area contributed by atoms with Crippen molar-refractivity contribution in [3.63, 3.8) is 0 Å².